The number of amides is 1. The number of aryl methyl sites for hydroxylation is 1. The summed E-state index contributed by atoms with van der Waals surface area (Å²) in [5, 5.41) is 8.78. The first kappa shape index (κ1) is 23.2. The van der Waals surface area contributed by atoms with Gasteiger partial charge in [-0.1, -0.05) is 41.4 Å². The molecule has 1 aliphatic carbocycles. The molecule has 3 aromatic rings. The Morgan fingerprint density at radius 3 is 2.59 bits per heavy atom. The number of piperidine rings is 1. The predicted octanol–water partition coefficient (Wildman–Crippen LogP) is 4.09. The van der Waals surface area contributed by atoms with Crippen LogP contribution in [0.5, 0.6) is 0 Å². The fraction of sp³-hybridized carbons (Fsp3) is 0.458. The minimum Gasteiger partial charge on any atom is -0.352 e. The summed E-state index contributed by atoms with van der Waals surface area (Å²) in [6, 6.07) is 9.67. The van der Waals surface area contributed by atoms with Gasteiger partial charge in [0.05, 0.1) is 0 Å². The third kappa shape index (κ3) is 4.80. The quantitative estimate of drug-likeness (QED) is 0.524. The number of rotatable bonds is 7. The van der Waals surface area contributed by atoms with Crippen LogP contribution in [0.4, 0.5) is 0 Å². The Bertz CT molecular complexity index is 1250. The Balaban J connectivity index is 1.17. The topological polar surface area (TPSA) is 105 Å². The van der Waals surface area contributed by atoms with Crippen molar-refractivity contribution in [2.75, 3.05) is 13.1 Å². The standard InChI is InChI=1S/C24H28N4O4S2/c1-16-5-7-17(8-6-16)14-25-23(29)18-9-11-28(12-10-18)34(30,31)21-13-20(15-33-21)22-26-24(32-27-22)19-3-2-4-19/h5-8,13,15,18-19H,2-4,9-12,14H2,1H3,(H,25,29). The van der Waals surface area contributed by atoms with Gasteiger partial charge in [0.1, 0.15) is 4.21 Å². The van der Waals surface area contributed by atoms with E-state index >= 15 is 0 Å². The zero-order chi connectivity index (χ0) is 23.7. The zero-order valence-corrected chi connectivity index (χ0v) is 20.7. The molecule has 0 radical (unpaired) electrons. The number of sulfonamides is 1. The van der Waals surface area contributed by atoms with Crippen molar-refractivity contribution < 1.29 is 17.7 Å². The second kappa shape index (κ2) is 9.59. The van der Waals surface area contributed by atoms with Gasteiger partial charge >= 0.3 is 0 Å². The molecule has 1 N–H and O–H groups in total. The van der Waals surface area contributed by atoms with E-state index in [1.54, 1.807) is 11.4 Å². The van der Waals surface area contributed by atoms with E-state index in [1.165, 1.54) is 27.6 Å². The van der Waals surface area contributed by atoms with Crippen molar-refractivity contribution in [2.45, 2.75) is 55.7 Å². The number of thiophene rings is 1. The van der Waals surface area contributed by atoms with Crippen molar-refractivity contribution in [1.82, 2.24) is 19.8 Å². The average Bonchev–Trinajstić information content (AvgIpc) is 3.48. The van der Waals surface area contributed by atoms with Crippen molar-refractivity contribution in [3.63, 3.8) is 0 Å². The minimum atomic E-state index is -3.63. The molecule has 3 heterocycles. The average molecular weight is 501 g/mol. The van der Waals surface area contributed by atoms with Gasteiger partial charge in [-0.05, 0) is 44.2 Å². The molecule has 1 aliphatic heterocycles. The first-order chi connectivity index (χ1) is 16.4. The smallest absolute Gasteiger partial charge is 0.252 e. The van der Waals surface area contributed by atoms with Crippen LogP contribution >= 0.6 is 11.3 Å². The van der Waals surface area contributed by atoms with Gasteiger partial charge in [0, 0.05) is 42.4 Å². The first-order valence-corrected chi connectivity index (χ1v) is 14.0. The van der Waals surface area contributed by atoms with Gasteiger partial charge in [-0.3, -0.25) is 4.79 Å². The van der Waals surface area contributed by atoms with Crippen molar-refractivity contribution in [3.8, 4) is 11.4 Å². The monoisotopic (exact) mass is 500 g/mol. The molecule has 1 saturated carbocycles. The predicted molar refractivity (Wildman–Crippen MR) is 129 cm³/mol. The van der Waals surface area contributed by atoms with Crippen LogP contribution in [-0.2, 0) is 21.4 Å². The molecular weight excluding hydrogens is 472 g/mol. The van der Waals surface area contributed by atoms with Crippen LogP contribution in [-0.4, -0.2) is 41.9 Å². The highest BCUT2D eigenvalue weighted by Gasteiger charge is 2.33. The van der Waals surface area contributed by atoms with Crippen LogP contribution in [0.15, 0.2) is 44.4 Å². The number of nitrogens with zero attached hydrogens (tertiary/aromatic N) is 3. The number of hydrogen-bond donors (Lipinski definition) is 1. The third-order valence-corrected chi connectivity index (χ3v) is 10.0. The summed E-state index contributed by atoms with van der Waals surface area (Å²) >= 11 is 1.17. The van der Waals surface area contributed by atoms with Gasteiger partial charge in [-0.25, -0.2) is 8.42 Å². The molecule has 2 aromatic heterocycles. The van der Waals surface area contributed by atoms with Crippen molar-refractivity contribution in [1.29, 1.82) is 0 Å². The number of carbonyl (C=O) groups is 1. The normalized spacial score (nSPS) is 18.0. The molecule has 5 rings (SSSR count). The Hall–Kier alpha value is -2.56. The van der Waals surface area contributed by atoms with E-state index in [2.05, 4.69) is 15.5 Å². The summed E-state index contributed by atoms with van der Waals surface area (Å²) in [5.74, 6) is 1.21. The molecule has 0 bridgehead atoms. The van der Waals surface area contributed by atoms with E-state index in [-0.39, 0.29) is 16.0 Å². The van der Waals surface area contributed by atoms with Gasteiger partial charge < -0.3 is 9.84 Å². The van der Waals surface area contributed by atoms with E-state index in [4.69, 9.17) is 4.52 Å². The Kier molecular flexibility index (Phi) is 6.54. The Morgan fingerprint density at radius 2 is 1.91 bits per heavy atom. The lowest BCUT2D eigenvalue weighted by molar-refractivity contribution is -0.126. The highest BCUT2D eigenvalue weighted by molar-refractivity contribution is 7.91. The highest BCUT2D eigenvalue weighted by Crippen LogP contribution is 2.37. The fourth-order valence-corrected chi connectivity index (χ4v) is 7.05. The maximum atomic E-state index is 13.2. The van der Waals surface area contributed by atoms with Gasteiger partial charge in [0.25, 0.3) is 10.0 Å². The summed E-state index contributed by atoms with van der Waals surface area (Å²) in [6.07, 6.45) is 4.31. The van der Waals surface area contributed by atoms with E-state index in [9.17, 15) is 13.2 Å². The van der Waals surface area contributed by atoms with Gasteiger partial charge in [0.15, 0.2) is 0 Å². The summed E-state index contributed by atoms with van der Waals surface area (Å²) in [4.78, 5) is 17.1. The number of benzene rings is 1. The summed E-state index contributed by atoms with van der Waals surface area (Å²) < 4.78 is 33.5. The van der Waals surface area contributed by atoms with E-state index < -0.39 is 10.0 Å². The third-order valence-electron chi connectivity index (χ3n) is 6.74. The number of aromatic nitrogens is 2. The maximum absolute atomic E-state index is 13.2. The molecule has 1 saturated heterocycles. The fourth-order valence-electron chi connectivity index (χ4n) is 4.27. The van der Waals surface area contributed by atoms with Crippen LogP contribution in [0.1, 0.15) is 55.0 Å². The summed E-state index contributed by atoms with van der Waals surface area (Å²) in [6.45, 7) is 3.16. The van der Waals surface area contributed by atoms with Gasteiger partial charge in [-0.2, -0.15) is 9.29 Å². The molecule has 2 aliphatic rings. The maximum Gasteiger partial charge on any atom is 0.252 e. The summed E-state index contributed by atoms with van der Waals surface area (Å²) in [7, 11) is -3.63. The van der Waals surface area contributed by atoms with Crippen molar-refractivity contribution in [3.05, 3.63) is 52.7 Å². The molecule has 8 nitrogen and oxygen atoms in total. The molecule has 0 unspecified atom stereocenters. The first-order valence-electron chi connectivity index (χ1n) is 11.7. The molecule has 180 valence electrons. The van der Waals surface area contributed by atoms with Crippen molar-refractivity contribution >= 4 is 27.3 Å². The Morgan fingerprint density at radius 1 is 1.18 bits per heavy atom. The molecule has 0 atom stereocenters. The van der Waals surface area contributed by atoms with E-state index in [1.807, 2.05) is 31.2 Å². The van der Waals surface area contributed by atoms with Gasteiger partial charge in [0.2, 0.25) is 17.6 Å². The number of nitrogens with one attached hydrogen (secondary N) is 1. The molecule has 0 spiro atoms. The Labute approximate surface area is 203 Å². The van der Waals surface area contributed by atoms with Crippen LogP contribution in [0, 0.1) is 12.8 Å². The van der Waals surface area contributed by atoms with Crippen LogP contribution in [0.2, 0.25) is 0 Å². The van der Waals surface area contributed by atoms with E-state index in [0.717, 1.165) is 18.4 Å². The van der Waals surface area contributed by atoms with Crippen LogP contribution in [0.3, 0.4) is 0 Å². The van der Waals surface area contributed by atoms with Crippen molar-refractivity contribution in [2.24, 2.45) is 5.92 Å². The lowest BCUT2D eigenvalue weighted by Crippen LogP contribution is -2.42. The number of hydrogen-bond acceptors (Lipinski definition) is 7. The second-order valence-corrected chi connectivity index (χ2v) is 12.2. The minimum absolute atomic E-state index is 0.0181. The zero-order valence-electron chi connectivity index (χ0n) is 19.1. The van der Waals surface area contributed by atoms with Gasteiger partial charge in [-0.15, -0.1) is 11.3 Å². The molecular formula is C24H28N4O4S2. The second-order valence-electron chi connectivity index (χ2n) is 9.12. The molecule has 10 heteroatoms. The highest BCUT2D eigenvalue weighted by atomic mass is 32.2. The van der Waals surface area contributed by atoms with Crippen LogP contribution in [0.25, 0.3) is 11.4 Å². The van der Waals surface area contributed by atoms with Crippen LogP contribution < -0.4 is 5.32 Å². The molecule has 1 aromatic carbocycles. The lowest BCUT2D eigenvalue weighted by Gasteiger charge is -2.30. The molecule has 1 amide bonds. The SMILES string of the molecule is Cc1ccc(CNC(=O)C2CCN(S(=O)(=O)c3cc(-c4noc(C5CCC5)n4)cs3)CC2)cc1. The molecule has 34 heavy (non-hydrogen) atoms. The summed E-state index contributed by atoms with van der Waals surface area (Å²) in [5.41, 5.74) is 2.88. The number of carbonyl (C=O) groups excluding carboxylic acids is 1. The largest absolute Gasteiger partial charge is 0.352 e. The lowest BCUT2D eigenvalue weighted by atomic mass is 9.85. The molecule has 2 fully saturated rings. The van der Waals surface area contributed by atoms with E-state index in [0.29, 0.717) is 55.7 Å².